The van der Waals surface area contributed by atoms with Crippen LogP contribution in [-0.4, -0.2) is 9.52 Å². The molecule has 0 saturated heterocycles. The molecule has 0 spiro atoms. The van der Waals surface area contributed by atoms with E-state index in [0.717, 1.165) is 15.3 Å². The molecule has 0 amide bonds. The molecule has 33 heavy (non-hydrogen) atoms. The first kappa shape index (κ1) is 31.3. The summed E-state index contributed by atoms with van der Waals surface area (Å²) in [4.78, 5) is 0. The molecule has 3 aromatic carbocycles. The van der Waals surface area contributed by atoms with Gasteiger partial charge in [0, 0.05) is 31.2 Å². The Bertz CT molecular complexity index is 939. The topological polar surface area (TPSA) is 9.23 Å². The van der Waals surface area contributed by atoms with Gasteiger partial charge in [0.15, 0.2) is 0 Å². The fourth-order valence-electron chi connectivity index (χ4n) is 2.58. The van der Waals surface area contributed by atoms with Gasteiger partial charge in [-0.3, -0.25) is 0 Å². The van der Waals surface area contributed by atoms with E-state index >= 15 is 0 Å². The summed E-state index contributed by atoms with van der Waals surface area (Å²) in [6.45, 7) is 19.8. The molecule has 3 heteroatoms. The molecule has 0 heterocycles. The van der Waals surface area contributed by atoms with Crippen molar-refractivity contribution in [3.63, 3.8) is 0 Å². The minimum Gasteiger partial charge on any atom is -0.465 e. The summed E-state index contributed by atoms with van der Waals surface area (Å²) < 4.78 is 5.80. The third kappa shape index (κ3) is 12.3. The summed E-state index contributed by atoms with van der Waals surface area (Å²) in [6, 6.07) is 24.6. The molecule has 0 aliphatic heterocycles. The minimum atomic E-state index is 0. The third-order valence-corrected chi connectivity index (χ3v) is 5.03. The van der Waals surface area contributed by atoms with Crippen molar-refractivity contribution in [2.45, 2.75) is 61.6 Å². The van der Waals surface area contributed by atoms with Crippen LogP contribution in [0.1, 0.15) is 48.5 Å². The maximum Gasteiger partial charge on any atom is 0.126 e. The van der Waals surface area contributed by atoms with Crippen molar-refractivity contribution in [3.05, 3.63) is 96.3 Å². The number of benzene rings is 2. The fourth-order valence-corrected chi connectivity index (χ4v) is 2.58. The van der Waals surface area contributed by atoms with Crippen LogP contribution in [-0.2, 0) is 21.7 Å². The van der Waals surface area contributed by atoms with Crippen molar-refractivity contribution in [3.8, 4) is 5.75 Å². The molecule has 2 radical (unpaired) electrons. The van der Waals surface area contributed by atoms with Crippen molar-refractivity contribution in [2.75, 3.05) is 0 Å². The Kier molecular flexibility index (Phi) is 14.4. The Morgan fingerprint density at radius 3 is 1.88 bits per heavy atom. The SMILES string of the molecule is CC(=CC(=COc1ccccc1)C(C)(C)C)C(C)(C)C.C[Si]C.[Ti].c1ccc2[cH-]ccc2c1. The van der Waals surface area contributed by atoms with E-state index < -0.39 is 0 Å². The Morgan fingerprint density at radius 2 is 1.36 bits per heavy atom. The second-order valence-corrected chi connectivity index (χ2v) is 11.0. The van der Waals surface area contributed by atoms with E-state index in [1.807, 2.05) is 36.6 Å². The first-order valence-electron chi connectivity index (χ1n) is 11.3. The van der Waals surface area contributed by atoms with Crippen LogP contribution in [0.15, 0.2) is 96.3 Å². The molecule has 0 unspecified atom stereocenters. The molecule has 3 aromatic rings. The van der Waals surface area contributed by atoms with E-state index in [9.17, 15) is 0 Å². The molecule has 0 fully saturated rings. The molecule has 1 nitrogen and oxygen atoms in total. The fraction of sp³-hybridized carbons (Fsp3) is 0.367. The van der Waals surface area contributed by atoms with Gasteiger partial charge in [-0.1, -0.05) is 90.6 Å². The first-order valence-corrected chi connectivity index (χ1v) is 13.3. The standard InChI is InChI=1S/C19H28O.C9H7.C2H6Si.Ti/c1-15(18(2,3)4)13-16(19(5,6)7)14-20-17-11-9-8-10-12-17;1-2-5-9-7-3-6-8(9)4-1;1-3-2;/h8-14H,1-7H3;1-7H;1-2H3;/q;-1;;. The van der Waals surface area contributed by atoms with Gasteiger partial charge >= 0.3 is 0 Å². The summed E-state index contributed by atoms with van der Waals surface area (Å²) in [5, 5.41) is 2.66. The van der Waals surface area contributed by atoms with E-state index in [2.05, 4.69) is 110 Å². The molecule has 176 valence electrons. The predicted molar refractivity (Wildman–Crippen MR) is 145 cm³/mol. The van der Waals surface area contributed by atoms with Gasteiger partial charge in [-0.25, -0.2) is 0 Å². The number of allylic oxidation sites excluding steroid dienone is 3. The number of rotatable bonds is 3. The van der Waals surface area contributed by atoms with Crippen LogP contribution in [0, 0.1) is 10.8 Å². The quantitative estimate of drug-likeness (QED) is 0.153. The second-order valence-electron chi connectivity index (χ2n) is 9.99. The van der Waals surface area contributed by atoms with Gasteiger partial charge in [-0.15, -0.1) is 29.7 Å². The Morgan fingerprint density at radius 1 is 0.818 bits per heavy atom. The average Bonchev–Trinajstić information content (AvgIpc) is 3.20. The zero-order chi connectivity index (χ0) is 24.2. The number of hydrogen-bond donors (Lipinski definition) is 0. The van der Waals surface area contributed by atoms with Crippen LogP contribution in [0.3, 0.4) is 0 Å². The summed E-state index contributed by atoms with van der Waals surface area (Å²) in [6.07, 6.45) is 4.13. The normalized spacial score (nSPS) is 12.0. The summed E-state index contributed by atoms with van der Waals surface area (Å²) in [7, 11) is 1.08. The smallest absolute Gasteiger partial charge is 0.126 e. The summed E-state index contributed by atoms with van der Waals surface area (Å²) >= 11 is 0. The summed E-state index contributed by atoms with van der Waals surface area (Å²) in [5.41, 5.74) is 2.79. The van der Waals surface area contributed by atoms with E-state index in [1.165, 1.54) is 21.9 Å². The number of para-hydroxylation sites is 1. The molecule has 0 atom stereocenters. The second kappa shape index (κ2) is 15.2. The molecule has 3 rings (SSSR count). The van der Waals surface area contributed by atoms with Gasteiger partial charge in [-0.2, -0.15) is 17.5 Å². The van der Waals surface area contributed by atoms with Crippen LogP contribution in [0.5, 0.6) is 5.75 Å². The van der Waals surface area contributed by atoms with Crippen molar-refractivity contribution in [1.82, 2.24) is 0 Å². The maximum absolute atomic E-state index is 5.80. The van der Waals surface area contributed by atoms with Crippen LogP contribution >= 0.6 is 0 Å². The van der Waals surface area contributed by atoms with Gasteiger partial charge < -0.3 is 4.74 Å². The largest absolute Gasteiger partial charge is 0.465 e. The number of hydrogen-bond acceptors (Lipinski definition) is 1. The zero-order valence-electron chi connectivity index (χ0n) is 22.0. The Hall–Kier alpha value is -1.74. The van der Waals surface area contributed by atoms with Crippen molar-refractivity contribution in [1.29, 1.82) is 0 Å². The van der Waals surface area contributed by atoms with Gasteiger partial charge in [0.25, 0.3) is 0 Å². The average molecular weight is 494 g/mol. The third-order valence-electron chi connectivity index (χ3n) is 5.03. The van der Waals surface area contributed by atoms with E-state index in [0.29, 0.717) is 0 Å². The van der Waals surface area contributed by atoms with E-state index in [4.69, 9.17) is 4.74 Å². The van der Waals surface area contributed by atoms with Gasteiger partial charge in [0.2, 0.25) is 0 Å². The van der Waals surface area contributed by atoms with Crippen molar-refractivity contribution < 1.29 is 26.5 Å². The number of ether oxygens (including phenoxy) is 1. The number of fused-ring (bicyclic) bond motifs is 1. The van der Waals surface area contributed by atoms with Crippen LogP contribution in [0.25, 0.3) is 10.8 Å². The first-order chi connectivity index (χ1) is 15.0. The molecule has 0 saturated carbocycles. The minimum absolute atomic E-state index is 0. The van der Waals surface area contributed by atoms with Crippen LogP contribution in [0.2, 0.25) is 13.1 Å². The van der Waals surface area contributed by atoms with Crippen LogP contribution < -0.4 is 4.74 Å². The Labute approximate surface area is 220 Å². The van der Waals surface area contributed by atoms with Crippen LogP contribution in [0.4, 0.5) is 0 Å². The summed E-state index contributed by atoms with van der Waals surface area (Å²) in [5.74, 6) is 0.871. The van der Waals surface area contributed by atoms with Gasteiger partial charge in [-0.05, 0) is 35.5 Å². The molecule has 0 aliphatic carbocycles. The molecule has 0 bridgehead atoms. The monoisotopic (exact) mass is 493 g/mol. The van der Waals surface area contributed by atoms with Gasteiger partial charge in [0.05, 0.1) is 6.26 Å². The molecular weight excluding hydrogens is 452 g/mol. The van der Waals surface area contributed by atoms with Crippen molar-refractivity contribution in [2.24, 2.45) is 10.8 Å². The maximum atomic E-state index is 5.80. The molecule has 0 aromatic heterocycles. The predicted octanol–water partition coefficient (Wildman–Crippen LogP) is 9.33. The Balaban J connectivity index is 0.000000647. The van der Waals surface area contributed by atoms with Crippen molar-refractivity contribution >= 4 is 20.3 Å². The molecular formula is C30H41OSiTi-. The van der Waals surface area contributed by atoms with E-state index in [-0.39, 0.29) is 32.5 Å². The van der Waals surface area contributed by atoms with E-state index in [1.54, 1.807) is 0 Å². The zero-order valence-corrected chi connectivity index (χ0v) is 24.6. The molecule has 0 N–H and O–H groups in total. The van der Waals surface area contributed by atoms with Gasteiger partial charge in [0.1, 0.15) is 5.75 Å². The molecule has 0 aliphatic rings.